The number of aliphatic carboxylic acids is 1. The van der Waals surface area contributed by atoms with Crippen LogP contribution < -0.4 is 10.6 Å². The highest BCUT2D eigenvalue weighted by Gasteiger charge is 2.17. The lowest BCUT2D eigenvalue weighted by molar-refractivity contribution is -0.140. The van der Waals surface area contributed by atoms with Crippen molar-refractivity contribution >= 4 is 23.9 Å². The van der Waals surface area contributed by atoms with E-state index in [1.54, 1.807) is 24.3 Å². The van der Waals surface area contributed by atoms with Gasteiger partial charge in [-0.3, -0.25) is 14.4 Å². The second kappa shape index (κ2) is 7.08. The van der Waals surface area contributed by atoms with Crippen molar-refractivity contribution in [1.29, 1.82) is 0 Å². The number of hydrogen-bond acceptors (Lipinski definition) is 3. The molecule has 0 radical (unpaired) electrons. The lowest BCUT2D eigenvalue weighted by atomic mass is 10.2. The standard InChI is InChI=1S/C14H16N2O4/c1-9(14(19)20)15-13(18)12(16-10(2)17)8-11-6-4-3-5-7-11/h3-9H,1-2H3,(H,15,18)(H,16,17)(H,19,20)/b12-8-/t9-/m1/s1. The number of amides is 2. The summed E-state index contributed by atoms with van der Waals surface area (Å²) in [6, 6.07) is 7.87. The first-order valence-corrected chi connectivity index (χ1v) is 5.98. The molecule has 0 heterocycles. The molecule has 0 aromatic heterocycles. The Morgan fingerprint density at radius 3 is 2.30 bits per heavy atom. The van der Waals surface area contributed by atoms with Crippen LogP contribution in [0.1, 0.15) is 19.4 Å². The van der Waals surface area contributed by atoms with Gasteiger partial charge < -0.3 is 15.7 Å². The van der Waals surface area contributed by atoms with Crippen LogP contribution in [-0.2, 0) is 14.4 Å². The van der Waals surface area contributed by atoms with Crippen LogP contribution in [0.25, 0.3) is 6.08 Å². The molecule has 1 atom stereocenters. The molecule has 0 aliphatic heterocycles. The minimum absolute atomic E-state index is 0.00296. The van der Waals surface area contributed by atoms with E-state index in [0.29, 0.717) is 0 Å². The minimum atomic E-state index is -1.15. The molecule has 0 saturated heterocycles. The molecule has 0 aliphatic carbocycles. The Morgan fingerprint density at radius 2 is 1.80 bits per heavy atom. The summed E-state index contributed by atoms with van der Waals surface area (Å²) < 4.78 is 0. The van der Waals surface area contributed by atoms with Crippen LogP contribution in [0.15, 0.2) is 36.0 Å². The second-order valence-corrected chi connectivity index (χ2v) is 4.18. The van der Waals surface area contributed by atoms with Gasteiger partial charge in [0.15, 0.2) is 0 Å². The number of rotatable bonds is 5. The zero-order chi connectivity index (χ0) is 15.1. The van der Waals surface area contributed by atoms with Crippen LogP contribution in [0.4, 0.5) is 0 Å². The van der Waals surface area contributed by atoms with E-state index >= 15 is 0 Å². The molecule has 0 aliphatic rings. The van der Waals surface area contributed by atoms with Gasteiger partial charge in [-0.2, -0.15) is 0 Å². The number of hydrogen-bond donors (Lipinski definition) is 3. The summed E-state index contributed by atoms with van der Waals surface area (Å²) in [7, 11) is 0. The fourth-order valence-corrected chi connectivity index (χ4v) is 1.40. The number of carboxylic acids is 1. The Bertz CT molecular complexity index is 537. The third kappa shape index (κ3) is 4.93. The Hall–Kier alpha value is -2.63. The van der Waals surface area contributed by atoms with Crippen molar-refractivity contribution in [3.63, 3.8) is 0 Å². The van der Waals surface area contributed by atoms with E-state index in [0.717, 1.165) is 5.56 Å². The van der Waals surface area contributed by atoms with Gasteiger partial charge in [0.2, 0.25) is 5.91 Å². The van der Waals surface area contributed by atoms with Gasteiger partial charge >= 0.3 is 5.97 Å². The number of benzene rings is 1. The SMILES string of the molecule is CC(=O)N/C(=C\c1ccccc1)C(=O)N[C@H](C)C(=O)O. The van der Waals surface area contributed by atoms with E-state index in [1.165, 1.54) is 19.9 Å². The first-order valence-electron chi connectivity index (χ1n) is 5.98. The van der Waals surface area contributed by atoms with E-state index in [-0.39, 0.29) is 5.70 Å². The second-order valence-electron chi connectivity index (χ2n) is 4.18. The molecule has 6 heteroatoms. The number of nitrogens with one attached hydrogen (secondary N) is 2. The summed E-state index contributed by atoms with van der Waals surface area (Å²) in [6.07, 6.45) is 1.48. The molecule has 6 nitrogen and oxygen atoms in total. The highest BCUT2D eigenvalue weighted by atomic mass is 16.4. The smallest absolute Gasteiger partial charge is 0.325 e. The molecule has 20 heavy (non-hydrogen) atoms. The van der Waals surface area contributed by atoms with Crippen LogP contribution in [0, 0.1) is 0 Å². The van der Waals surface area contributed by atoms with Gasteiger partial charge in [0.25, 0.3) is 5.91 Å². The van der Waals surface area contributed by atoms with Gasteiger partial charge in [0.05, 0.1) is 0 Å². The van der Waals surface area contributed by atoms with E-state index in [9.17, 15) is 14.4 Å². The van der Waals surface area contributed by atoms with Crippen molar-refractivity contribution in [1.82, 2.24) is 10.6 Å². The number of carboxylic acid groups (broad SMARTS) is 1. The average Bonchev–Trinajstić information content (AvgIpc) is 2.38. The molecule has 0 unspecified atom stereocenters. The Labute approximate surface area is 116 Å². The summed E-state index contributed by atoms with van der Waals surface area (Å²) in [5.41, 5.74) is 0.714. The van der Waals surface area contributed by atoms with Gasteiger partial charge in [-0.25, -0.2) is 0 Å². The summed E-state index contributed by atoms with van der Waals surface area (Å²) >= 11 is 0. The maximum absolute atomic E-state index is 11.9. The molecule has 3 N–H and O–H groups in total. The monoisotopic (exact) mass is 276 g/mol. The van der Waals surface area contributed by atoms with Gasteiger partial charge in [-0.15, -0.1) is 0 Å². The van der Waals surface area contributed by atoms with Crippen molar-refractivity contribution in [3.05, 3.63) is 41.6 Å². The number of carbonyl (C=O) groups excluding carboxylic acids is 2. The molecule has 0 fully saturated rings. The summed E-state index contributed by atoms with van der Waals surface area (Å²) in [5, 5.41) is 13.4. The predicted molar refractivity (Wildman–Crippen MR) is 73.5 cm³/mol. The highest BCUT2D eigenvalue weighted by molar-refractivity contribution is 6.02. The molecule has 2 amide bonds. The van der Waals surface area contributed by atoms with Gasteiger partial charge in [-0.1, -0.05) is 30.3 Å². The fourth-order valence-electron chi connectivity index (χ4n) is 1.40. The lowest BCUT2D eigenvalue weighted by Gasteiger charge is -2.12. The largest absolute Gasteiger partial charge is 0.480 e. The van der Waals surface area contributed by atoms with E-state index in [1.807, 2.05) is 6.07 Å². The van der Waals surface area contributed by atoms with Gasteiger partial charge in [-0.05, 0) is 18.6 Å². The van der Waals surface area contributed by atoms with Crippen LogP contribution in [0.3, 0.4) is 0 Å². The van der Waals surface area contributed by atoms with E-state index in [2.05, 4.69) is 10.6 Å². The quantitative estimate of drug-likeness (QED) is 0.692. The zero-order valence-corrected chi connectivity index (χ0v) is 11.2. The molecule has 0 saturated carbocycles. The first kappa shape index (κ1) is 15.4. The maximum Gasteiger partial charge on any atom is 0.325 e. The lowest BCUT2D eigenvalue weighted by Crippen LogP contribution is -2.42. The molecular weight excluding hydrogens is 260 g/mol. The van der Waals surface area contributed by atoms with Crippen molar-refractivity contribution in [2.24, 2.45) is 0 Å². The molecular formula is C14H16N2O4. The van der Waals surface area contributed by atoms with Crippen molar-refractivity contribution < 1.29 is 19.5 Å². The van der Waals surface area contributed by atoms with Crippen LogP contribution in [-0.4, -0.2) is 28.9 Å². The van der Waals surface area contributed by atoms with Gasteiger partial charge in [0, 0.05) is 6.92 Å². The Morgan fingerprint density at radius 1 is 1.20 bits per heavy atom. The molecule has 1 aromatic rings. The average molecular weight is 276 g/mol. The zero-order valence-electron chi connectivity index (χ0n) is 11.2. The van der Waals surface area contributed by atoms with Crippen LogP contribution in [0.2, 0.25) is 0 Å². The van der Waals surface area contributed by atoms with E-state index < -0.39 is 23.8 Å². The molecule has 1 rings (SSSR count). The Balaban J connectivity index is 2.95. The Kier molecular flexibility index (Phi) is 5.46. The third-order valence-electron chi connectivity index (χ3n) is 2.38. The normalized spacial score (nSPS) is 12.4. The summed E-state index contributed by atoms with van der Waals surface area (Å²) in [6.45, 7) is 2.61. The number of carbonyl (C=O) groups is 3. The first-order chi connectivity index (χ1) is 9.40. The molecule has 0 bridgehead atoms. The van der Waals surface area contributed by atoms with E-state index in [4.69, 9.17) is 5.11 Å². The predicted octanol–water partition coefficient (Wildman–Crippen LogP) is 0.753. The minimum Gasteiger partial charge on any atom is -0.480 e. The van der Waals surface area contributed by atoms with Crippen molar-refractivity contribution in [3.8, 4) is 0 Å². The fraction of sp³-hybridized carbons (Fsp3) is 0.214. The highest BCUT2D eigenvalue weighted by Crippen LogP contribution is 2.05. The van der Waals surface area contributed by atoms with Crippen molar-refractivity contribution in [2.75, 3.05) is 0 Å². The maximum atomic E-state index is 11.9. The van der Waals surface area contributed by atoms with Crippen LogP contribution in [0.5, 0.6) is 0 Å². The van der Waals surface area contributed by atoms with Crippen molar-refractivity contribution in [2.45, 2.75) is 19.9 Å². The van der Waals surface area contributed by atoms with Crippen LogP contribution >= 0.6 is 0 Å². The summed E-state index contributed by atoms with van der Waals surface area (Å²) in [5.74, 6) is -2.22. The molecule has 0 spiro atoms. The molecule has 1 aromatic carbocycles. The summed E-state index contributed by atoms with van der Waals surface area (Å²) in [4.78, 5) is 33.8. The topological polar surface area (TPSA) is 95.5 Å². The molecule has 106 valence electrons. The third-order valence-corrected chi connectivity index (χ3v) is 2.38. The van der Waals surface area contributed by atoms with Gasteiger partial charge in [0.1, 0.15) is 11.7 Å².